The van der Waals surface area contributed by atoms with Crippen LogP contribution in [0.15, 0.2) is 0 Å². The Balaban J connectivity index is 1.97. The minimum absolute atomic E-state index is 0.763. The van der Waals surface area contributed by atoms with Crippen LogP contribution in [-0.4, -0.2) is 30.1 Å². The molecule has 4 atom stereocenters. The van der Waals surface area contributed by atoms with Gasteiger partial charge in [-0.1, -0.05) is 40.0 Å². The second kappa shape index (κ2) is 7.79. The summed E-state index contributed by atoms with van der Waals surface area (Å²) in [5.74, 6) is 2.60. The molecule has 4 unspecified atom stereocenters. The molecule has 0 saturated heterocycles. The Labute approximate surface area is 126 Å². The molecule has 0 heterocycles. The lowest BCUT2D eigenvalue weighted by atomic mass is 9.89. The topological polar surface area (TPSA) is 29.3 Å². The van der Waals surface area contributed by atoms with Crippen molar-refractivity contribution < 1.29 is 0 Å². The van der Waals surface area contributed by atoms with Crippen LogP contribution in [-0.2, 0) is 0 Å². The molecular formula is C18H36N2. The molecule has 0 aromatic rings. The SMILES string of the molecule is CCN(C1CCCC(C(C)C)CC1)C1CCCC1CN. The van der Waals surface area contributed by atoms with E-state index in [4.69, 9.17) is 5.73 Å². The molecule has 2 rings (SSSR count). The van der Waals surface area contributed by atoms with Crippen LogP contribution in [0.1, 0.15) is 72.1 Å². The molecule has 0 amide bonds. The van der Waals surface area contributed by atoms with Gasteiger partial charge in [0.1, 0.15) is 0 Å². The van der Waals surface area contributed by atoms with Gasteiger partial charge in [-0.25, -0.2) is 0 Å². The molecule has 2 aliphatic rings. The first-order valence-electron chi connectivity index (χ1n) is 9.13. The van der Waals surface area contributed by atoms with Crippen LogP contribution in [0, 0.1) is 17.8 Å². The average Bonchev–Trinajstić information content (AvgIpc) is 2.76. The number of rotatable bonds is 5. The van der Waals surface area contributed by atoms with Crippen molar-refractivity contribution in [2.45, 2.75) is 84.2 Å². The first kappa shape index (κ1) is 16.3. The molecule has 20 heavy (non-hydrogen) atoms. The molecule has 0 spiro atoms. The summed E-state index contributed by atoms with van der Waals surface area (Å²) in [6.07, 6.45) is 11.3. The zero-order valence-corrected chi connectivity index (χ0v) is 14.0. The van der Waals surface area contributed by atoms with E-state index >= 15 is 0 Å². The summed E-state index contributed by atoms with van der Waals surface area (Å²) in [6.45, 7) is 9.28. The van der Waals surface area contributed by atoms with Gasteiger partial charge in [0.2, 0.25) is 0 Å². The molecule has 2 saturated carbocycles. The maximum atomic E-state index is 6.01. The molecule has 118 valence electrons. The maximum absolute atomic E-state index is 6.01. The van der Waals surface area contributed by atoms with Crippen LogP contribution in [0.3, 0.4) is 0 Å². The third kappa shape index (κ3) is 3.76. The quantitative estimate of drug-likeness (QED) is 0.770. The third-order valence-electron chi connectivity index (χ3n) is 6.11. The third-order valence-corrected chi connectivity index (χ3v) is 6.11. The zero-order valence-electron chi connectivity index (χ0n) is 14.0. The molecule has 2 N–H and O–H groups in total. The largest absolute Gasteiger partial charge is 0.330 e. The molecule has 0 bridgehead atoms. The molecular weight excluding hydrogens is 244 g/mol. The van der Waals surface area contributed by atoms with Crippen molar-refractivity contribution in [2.75, 3.05) is 13.1 Å². The summed E-state index contributed by atoms with van der Waals surface area (Å²) >= 11 is 0. The Kier molecular flexibility index (Phi) is 6.35. The van der Waals surface area contributed by atoms with Gasteiger partial charge in [-0.05, 0) is 62.9 Å². The fraction of sp³-hybridized carbons (Fsp3) is 1.00. The molecule has 2 heteroatoms. The smallest absolute Gasteiger partial charge is 0.0138 e. The van der Waals surface area contributed by atoms with Crippen molar-refractivity contribution >= 4 is 0 Å². The summed E-state index contributed by atoms with van der Waals surface area (Å²) < 4.78 is 0. The summed E-state index contributed by atoms with van der Waals surface area (Å²) in [5, 5.41) is 0. The van der Waals surface area contributed by atoms with Gasteiger partial charge in [0.25, 0.3) is 0 Å². The second-order valence-corrected chi connectivity index (χ2v) is 7.49. The van der Waals surface area contributed by atoms with Gasteiger partial charge in [0.15, 0.2) is 0 Å². The minimum atomic E-state index is 0.763. The van der Waals surface area contributed by atoms with E-state index in [2.05, 4.69) is 25.7 Å². The summed E-state index contributed by atoms with van der Waals surface area (Å²) in [7, 11) is 0. The Bertz CT molecular complexity index is 277. The fourth-order valence-electron chi connectivity index (χ4n) is 4.80. The highest BCUT2D eigenvalue weighted by Crippen LogP contribution is 2.35. The lowest BCUT2D eigenvalue weighted by molar-refractivity contribution is 0.102. The molecule has 2 fully saturated rings. The number of hydrogen-bond acceptors (Lipinski definition) is 2. The van der Waals surface area contributed by atoms with Gasteiger partial charge in [-0.2, -0.15) is 0 Å². The van der Waals surface area contributed by atoms with Gasteiger partial charge >= 0.3 is 0 Å². The molecule has 0 aliphatic heterocycles. The number of hydrogen-bond donors (Lipinski definition) is 1. The molecule has 2 aliphatic carbocycles. The molecule has 2 nitrogen and oxygen atoms in total. The van der Waals surface area contributed by atoms with Crippen LogP contribution in [0.5, 0.6) is 0 Å². The van der Waals surface area contributed by atoms with Gasteiger partial charge < -0.3 is 5.73 Å². The van der Waals surface area contributed by atoms with Crippen molar-refractivity contribution in [3.8, 4) is 0 Å². The number of nitrogens with two attached hydrogens (primary N) is 1. The van der Waals surface area contributed by atoms with E-state index in [1.807, 2.05) is 0 Å². The Morgan fingerprint density at radius 2 is 1.75 bits per heavy atom. The van der Waals surface area contributed by atoms with Crippen LogP contribution in [0.4, 0.5) is 0 Å². The van der Waals surface area contributed by atoms with E-state index in [-0.39, 0.29) is 0 Å². The monoisotopic (exact) mass is 280 g/mol. The fourth-order valence-corrected chi connectivity index (χ4v) is 4.80. The van der Waals surface area contributed by atoms with Crippen LogP contribution < -0.4 is 5.73 Å². The number of nitrogens with zero attached hydrogens (tertiary/aromatic N) is 1. The van der Waals surface area contributed by atoms with Crippen LogP contribution >= 0.6 is 0 Å². The highest BCUT2D eigenvalue weighted by atomic mass is 15.2. The van der Waals surface area contributed by atoms with Crippen molar-refractivity contribution in [3.05, 3.63) is 0 Å². The zero-order chi connectivity index (χ0) is 14.5. The van der Waals surface area contributed by atoms with E-state index < -0.39 is 0 Å². The lowest BCUT2D eigenvalue weighted by Crippen LogP contribution is -2.46. The standard InChI is InChI=1S/C18H36N2/c1-4-20(18-10-6-8-16(18)13-19)17-9-5-7-15(11-12-17)14(2)3/h14-18H,4-13,19H2,1-3H3. The highest BCUT2D eigenvalue weighted by molar-refractivity contribution is 4.90. The van der Waals surface area contributed by atoms with Gasteiger partial charge in [-0.15, -0.1) is 0 Å². The normalized spacial score (nSPS) is 35.7. The minimum Gasteiger partial charge on any atom is -0.330 e. The van der Waals surface area contributed by atoms with Crippen molar-refractivity contribution in [2.24, 2.45) is 23.5 Å². The lowest BCUT2D eigenvalue weighted by Gasteiger charge is -2.38. The summed E-state index contributed by atoms with van der Waals surface area (Å²) in [5.41, 5.74) is 6.01. The maximum Gasteiger partial charge on any atom is 0.0138 e. The molecule has 0 aromatic heterocycles. The van der Waals surface area contributed by atoms with E-state index in [0.29, 0.717) is 0 Å². The Hall–Kier alpha value is -0.0800. The Morgan fingerprint density at radius 3 is 2.40 bits per heavy atom. The second-order valence-electron chi connectivity index (χ2n) is 7.49. The molecule has 0 radical (unpaired) electrons. The van der Waals surface area contributed by atoms with Crippen molar-refractivity contribution in [1.29, 1.82) is 0 Å². The first-order valence-corrected chi connectivity index (χ1v) is 9.13. The summed E-state index contributed by atoms with van der Waals surface area (Å²) in [6, 6.07) is 1.62. The van der Waals surface area contributed by atoms with Crippen LogP contribution in [0.25, 0.3) is 0 Å². The summed E-state index contributed by atoms with van der Waals surface area (Å²) in [4.78, 5) is 2.84. The van der Waals surface area contributed by atoms with E-state index in [1.165, 1.54) is 57.9 Å². The van der Waals surface area contributed by atoms with Crippen molar-refractivity contribution in [3.63, 3.8) is 0 Å². The first-order chi connectivity index (χ1) is 9.67. The molecule has 0 aromatic carbocycles. The van der Waals surface area contributed by atoms with E-state index in [9.17, 15) is 0 Å². The highest BCUT2D eigenvalue weighted by Gasteiger charge is 2.34. The van der Waals surface area contributed by atoms with Gasteiger partial charge in [0, 0.05) is 12.1 Å². The van der Waals surface area contributed by atoms with Gasteiger partial charge in [-0.3, -0.25) is 4.90 Å². The Morgan fingerprint density at radius 1 is 1.00 bits per heavy atom. The van der Waals surface area contributed by atoms with Crippen LogP contribution in [0.2, 0.25) is 0 Å². The predicted molar refractivity (Wildman–Crippen MR) is 87.8 cm³/mol. The van der Waals surface area contributed by atoms with E-state index in [0.717, 1.165) is 36.4 Å². The van der Waals surface area contributed by atoms with Gasteiger partial charge in [0.05, 0.1) is 0 Å². The average molecular weight is 280 g/mol. The van der Waals surface area contributed by atoms with E-state index in [1.54, 1.807) is 0 Å². The van der Waals surface area contributed by atoms with Crippen molar-refractivity contribution in [1.82, 2.24) is 4.90 Å². The predicted octanol–water partition coefficient (Wildman–Crippen LogP) is 4.04.